The van der Waals surface area contributed by atoms with Gasteiger partial charge in [0.2, 0.25) is 0 Å². The van der Waals surface area contributed by atoms with Crippen molar-refractivity contribution in [1.82, 2.24) is 14.3 Å². The molecular weight excluding hydrogens is 298 g/mol. The summed E-state index contributed by atoms with van der Waals surface area (Å²) >= 11 is 1.51. The first-order valence-electron chi connectivity index (χ1n) is 7.06. The lowest BCUT2D eigenvalue weighted by atomic mass is 10.2. The maximum absolute atomic E-state index is 12.7. The predicted molar refractivity (Wildman–Crippen MR) is 86.1 cm³/mol. The summed E-state index contributed by atoms with van der Waals surface area (Å²) in [6.45, 7) is 2.66. The van der Waals surface area contributed by atoms with Crippen LogP contribution in [0.25, 0.3) is 4.96 Å². The standard InChI is InChI=1S/C16H17N3O2S/c1-12-11-22-16-17-14(10-19(12)16)15(21)18(7-8-20)9-13-5-3-2-4-6-13/h2-6,10-11,20H,7-9H2,1H3. The number of hydrogen-bond donors (Lipinski definition) is 1. The molecule has 0 unspecified atom stereocenters. The first-order chi connectivity index (χ1) is 10.7. The second kappa shape index (κ2) is 6.29. The highest BCUT2D eigenvalue weighted by atomic mass is 32.1. The SMILES string of the molecule is Cc1csc2nc(C(=O)N(CCO)Cc3ccccc3)cn12. The van der Waals surface area contributed by atoms with Gasteiger partial charge in [-0.2, -0.15) is 0 Å². The Kier molecular flexibility index (Phi) is 4.22. The Labute approximate surface area is 132 Å². The molecule has 0 aliphatic carbocycles. The number of benzene rings is 1. The number of aromatic nitrogens is 2. The Balaban J connectivity index is 1.85. The van der Waals surface area contributed by atoms with Crippen molar-refractivity contribution in [1.29, 1.82) is 0 Å². The molecule has 1 aromatic carbocycles. The fraction of sp³-hybridized carbons (Fsp3) is 0.250. The number of nitrogens with zero attached hydrogens (tertiary/aromatic N) is 3. The molecule has 0 aliphatic rings. The topological polar surface area (TPSA) is 57.8 Å². The average Bonchev–Trinajstić information content (AvgIpc) is 3.10. The maximum Gasteiger partial charge on any atom is 0.274 e. The van der Waals surface area contributed by atoms with E-state index < -0.39 is 0 Å². The summed E-state index contributed by atoms with van der Waals surface area (Å²) in [5.74, 6) is -0.159. The Bertz CT molecular complexity index is 779. The number of aliphatic hydroxyl groups excluding tert-OH is 1. The molecule has 114 valence electrons. The molecule has 0 bridgehead atoms. The number of carbonyl (C=O) groups excluding carboxylic acids is 1. The summed E-state index contributed by atoms with van der Waals surface area (Å²) in [5, 5.41) is 11.2. The predicted octanol–water partition coefficient (Wildman–Crippen LogP) is 2.34. The van der Waals surface area contributed by atoms with E-state index in [0.29, 0.717) is 12.2 Å². The zero-order chi connectivity index (χ0) is 15.5. The van der Waals surface area contributed by atoms with Crippen LogP contribution in [0.5, 0.6) is 0 Å². The Hall–Kier alpha value is -2.18. The van der Waals surface area contributed by atoms with Gasteiger partial charge in [-0.25, -0.2) is 4.98 Å². The maximum atomic E-state index is 12.7. The number of amides is 1. The van der Waals surface area contributed by atoms with Crippen LogP contribution in [0.15, 0.2) is 41.9 Å². The fourth-order valence-electron chi connectivity index (χ4n) is 2.34. The summed E-state index contributed by atoms with van der Waals surface area (Å²) in [4.78, 5) is 19.5. The van der Waals surface area contributed by atoms with Gasteiger partial charge < -0.3 is 10.0 Å². The first kappa shape index (κ1) is 14.7. The summed E-state index contributed by atoms with van der Waals surface area (Å²) in [6.07, 6.45) is 1.76. The number of aliphatic hydroxyl groups is 1. The lowest BCUT2D eigenvalue weighted by Gasteiger charge is -2.20. The normalized spacial score (nSPS) is 11.0. The van der Waals surface area contributed by atoms with E-state index in [0.717, 1.165) is 16.2 Å². The summed E-state index contributed by atoms with van der Waals surface area (Å²) in [6, 6.07) is 9.74. The van der Waals surface area contributed by atoms with Gasteiger partial charge in [-0.05, 0) is 12.5 Å². The third-order valence-electron chi connectivity index (χ3n) is 3.48. The monoisotopic (exact) mass is 315 g/mol. The van der Waals surface area contributed by atoms with E-state index >= 15 is 0 Å². The van der Waals surface area contributed by atoms with E-state index in [2.05, 4.69) is 4.98 Å². The molecule has 2 aromatic heterocycles. The number of thiazole rings is 1. The van der Waals surface area contributed by atoms with Crippen LogP contribution in [0.3, 0.4) is 0 Å². The van der Waals surface area contributed by atoms with Gasteiger partial charge in [0.05, 0.1) is 6.61 Å². The molecule has 22 heavy (non-hydrogen) atoms. The highest BCUT2D eigenvalue weighted by Gasteiger charge is 2.19. The minimum absolute atomic E-state index is 0.0696. The van der Waals surface area contributed by atoms with E-state index in [1.165, 1.54) is 11.3 Å². The van der Waals surface area contributed by atoms with Crippen molar-refractivity contribution in [3.63, 3.8) is 0 Å². The number of hydrogen-bond acceptors (Lipinski definition) is 4. The molecule has 0 saturated carbocycles. The molecule has 1 N–H and O–H groups in total. The molecule has 2 heterocycles. The van der Waals surface area contributed by atoms with Crippen LogP contribution in [-0.2, 0) is 6.54 Å². The minimum Gasteiger partial charge on any atom is -0.395 e. The smallest absolute Gasteiger partial charge is 0.274 e. The van der Waals surface area contributed by atoms with Crippen molar-refractivity contribution in [3.05, 3.63) is 58.9 Å². The molecule has 1 amide bonds. The van der Waals surface area contributed by atoms with Gasteiger partial charge in [-0.15, -0.1) is 11.3 Å². The second-order valence-corrected chi connectivity index (χ2v) is 5.93. The van der Waals surface area contributed by atoms with Gasteiger partial charge in [0.15, 0.2) is 4.96 Å². The van der Waals surface area contributed by atoms with Crippen molar-refractivity contribution >= 4 is 22.2 Å². The highest BCUT2D eigenvalue weighted by Crippen LogP contribution is 2.17. The molecule has 5 nitrogen and oxygen atoms in total. The Morgan fingerprint density at radius 1 is 1.36 bits per heavy atom. The second-order valence-electron chi connectivity index (χ2n) is 5.09. The van der Waals surface area contributed by atoms with Crippen LogP contribution in [0.4, 0.5) is 0 Å². The van der Waals surface area contributed by atoms with E-state index in [9.17, 15) is 9.90 Å². The molecule has 0 atom stereocenters. The number of aryl methyl sites for hydroxylation is 1. The summed E-state index contributed by atoms with van der Waals surface area (Å²) < 4.78 is 1.91. The Morgan fingerprint density at radius 3 is 2.82 bits per heavy atom. The van der Waals surface area contributed by atoms with Crippen molar-refractivity contribution < 1.29 is 9.90 Å². The van der Waals surface area contributed by atoms with Gasteiger partial charge in [0, 0.05) is 30.4 Å². The third kappa shape index (κ3) is 2.88. The molecular formula is C16H17N3O2S. The summed E-state index contributed by atoms with van der Waals surface area (Å²) in [7, 11) is 0. The van der Waals surface area contributed by atoms with Gasteiger partial charge >= 0.3 is 0 Å². The van der Waals surface area contributed by atoms with Crippen molar-refractivity contribution in [2.45, 2.75) is 13.5 Å². The average molecular weight is 315 g/mol. The molecule has 3 aromatic rings. The van der Waals surface area contributed by atoms with Gasteiger partial charge in [-0.3, -0.25) is 9.20 Å². The van der Waals surface area contributed by atoms with Gasteiger partial charge in [0.25, 0.3) is 5.91 Å². The van der Waals surface area contributed by atoms with Crippen LogP contribution in [0, 0.1) is 6.92 Å². The summed E-state index contributed by atoms with van der Waals surface area (Å²) in [5.41, 5.74) is 2.50. The number of rotatable bonds is 5. The lowest BCUT2D eigenvalue weighted by molar-refractivity contribution is 0.0702. The van der Waals surface area contributed by atoms with E-state index in [1.807, 2.05) is 47.0 Å². The highest BCUT2D eigenvalue weighted by molar-refractivity contribution is 7.15. The number of carbonyl (C=O) groups is 1. The largest absolute Gasteiger partial charge is 0.395 e. The van der Waals surface area contributed by atoms with Crippen LogP contribution < -0.4 is 0 Å². The van der Waals surface area contributed by atoms with Crippen molar-refractivity contribution in [2.24, 2.45) is 0 Å². The van der Waals surface area contributed by atoms with Crippen molar-refractivity contribution in [2.75, 3.05) is 13.2 Å². The fourth-order valence-corrected chi connectivity index (χ4v) is 3.19. The van der Waals surface area contributed by atoms with Crippen LogP contribution in [0.1, 0.15) is 21.7 Å². The molecule has 3 rings (SSSR count). The Morgan fingerprint density at radius 2 is 2.14 bits per heavy atom. The zero-order valence-electron chi connectivity index (χ0n) is 12.3. The number of fused-ring (bicyclic) bond motifs is 1. The molecule has 0 saturated heterocycles. The lowest BCUT2D eigenvalue weighted by Crippen LogP contribution is -2.33. The number of imidazole rings is 1. The van der Waals surface area contributed by atoms with Crippen LogP contribution in [0.2, 0.25) is 0 Å². The first-order valence-corrected chi connectivity index (χ1v) is 7.94. The minimum atomic E-state index is -0.159. The van der Waals surface area contributed by atoms with E-state index in [-0.39, 0.29) is 19.1 Å². The van der Waals surface area contributed by atoms with Gasteiger partial charge in [0.1, 0.15) is 5.69 Å². The van der Waals surface area contributed by atoms with Gasteiger partial charge in [-0.1, -0.05) is 30.3 Å². The molecule has 6 heteroatoms. The van der Waals surface area contributed by atoms with Crippen molar-refractivity contribution in [3.8, 4) is 0 Å². The zero-order valence-corrected chi connectivity index (χ0v) is 13.1. The van der Waals surface area contributed by atoms with Crippen LogP contribution in [-0.4, -0.2) is 38.4 Å². The van der Waals surface area contributed by atoms with E-state index in [4.69, 9.17) is 0 Å². The quantitative estimate of drug-likeness (QED) is 0.786. The molecule has 0 aliphatic heterocycles. The third-order valence-corrected chi connectivity index (χ3v) is 4.44. The molecule has 0 radical (unpaired) electrons. The molecule has 0 spiro atoms. The van der Waals surface area contributed by atoms with Crippen LogP contribution >= 0.6 is 11.3 Å². The van der Waals surface area contributed by atoms with E-state index in [1.54, 1.807) is 11.1 Å². The molecule has 0 fully saturated rings.